The smallest absolute Gasteiger partial charge is 0.407 e. The fraction of sp³-hybridized carbons (Fsp3) is 0.632. The summed E-state index contributed by atoms with van der Waals surface area (Å²) in [5.41, 5.74) is 0.0166. The molecule has 2 N–H and O–H groups in total. The van der Waals surface area contributed by atoms with Gasteiger partial charge in [0.2, 0.25) is 0 Å². The Labute approximate surface area is 178 Å². The molecule has 1 aromatic carbocycles. The van der Waals surface area contributed by atoms with Crippen LogP contribution in [0.3, 0.4) is 0 Å². The molecule has 1 amide bonds. The van der Waals surface area contributed by atoms with E-state index in [1.165, 1.54) is 0 Å². The van der Waals surface area contributed by atoms with Crippen LogP contribution in [0.1, 0.15) is 40.0 Å². The molecule has 2 aliphatic rings. The van der Waals surface area contributed by atoms with Gasteiger partial charge < -0.3 is 15.0 Å². The largest absolute Gasteiger partial charge is 0.444 e. The molecule has 1 unspecified atom stereocenters. The lowest BCUT2D eigenvalue weighted by molar-refractivity contribution is 0.0256. The number of nitrogens with zero attached hydrogens (tertiary/aromatic N) is 1. The van der Waals surface area contributed by atoms with E-state index in [0.717, 1.165) is 0 Å². The number of carbonyl (C=O) groups is 1. The predicted octanol–water partition coefficient (Wildman–Crippen LogP) is 4.76. The van der Waals surface area contributed by atoms with Crippen LogP contribution in [0.5, 0.6) is 0 Å². The van der Waals surface area contributed by atoms with Crippen LogP contribution in [-0.4, -0.2) is 46.2 Å². The molecule has 162 valence electrons. The lowest BCUT2D eigenvalue weighted by atomic mass is 9.92. The molecular formula is C19H26BrF2N3O3S. The van der Waals surface area contributed by atoms with Crippen molar-refractivity contribution in [3.05, 3.63) is 22.7 Å². The Kier molecular flexibility index (Phi) is 5.90. The third-order valence-corrected chi connectivity index (χ3v) is 7.98. The first kappa shape index (κ1) is 22.3. The quantitative estimate of drug-likeness (QED) is 0.633. The normalized spacial score (nSPS) is 25.8. The van der Waals surface area contributed by atoms with E-state index in [2.05, 4.69) is 21.2 Å². The van der Waals surface area contributed by atoms with Crippen molar-refractivity contribution in [1.82, 2.24) is 5.32 Å². The van der Waals surface area contributed by atoms with Crippen molar-refractivity contribution < 1.29 is 22.5 Å². The number of alkyl halides is 2. The van der Waals surface area contributed by atoms with Crippen LogP contribution in [0.2, 0.25) is 0 Å². The summed E-state index contributed by atoms with van der Waals surface area (Å²) < 4.78 is 54.2. The number of anilines is 1. The number of rotatable bonds is 4. The van der Waals surface area contributed by atoms with Crippen molar-refractivity contribution in [2.45, 2.75) is 67.7 Å². The molecule has 1 atom stereocenters. The number of amides is 1. The molecule has 0 bridgehead atoms. The number of benzene rings is 1. The average Bonchev–Trinajstić information content (AvgIpc) is 2.88. The van der Waals surface area contributed by atoms with E-state index < -0.39 is 27.3 Å². The molecule has 1 saturated carbocycles. The fourth-order valence-electron chi connectivity index (χ4n) is 3.50. The average molecular weight is 494 g/mol. The zero-order chi connectivity index (χ0) is 21.6. The van der Waals surface area contributed by atoms with Crippen molar-refractivity contribution in [1.29, 1.82) is 4.78 Å². The van der Waals surface area contributed by atoms with Gasteiger partial charge in [-0.25, -0.2) is 22.6 Å². The maximum Gasteiger partial charge on any atom is 0.407 e. The van der Waals surface area contributed by atoms with Gasteiger partial charge in [0.1, 0.15) is 5.60 Å². The van der Waals surface area contributed by atoms with Crippen molar-refractivity contribution in [2.75, 3.05) is 18.0 Å². The number of nitrogens with one attached hydrogen (secondary N) is 2. The van der Waals surface area contributed by atoms with Crippen molar-refractivity contribution >= 4 is 37.4 Å². The van der Waals surface area contributed by atoms with Gasteiger partial charge in [0.05, 0.1) is 27.2 Å². The molecular weight excluding hydrogens is 468 g/mol. The van der Waals surface area contributed by atoms with Crippen LogP contribution in [-0.2, 0) is 14.5 Å². The summed E-state index contributed by atoms with van der Waals surface area (Å²) in [4.78, 5) is 13.8. The zero-order valence-electron chi connectivity index (χ0n) is 16.6. The Hall–Kier alpha value is -1.42. The second-order valence-corrected chi connectivity index (χ2v) is 11.9. The van der Waals surface area contributed by atoms with E-state index in [1.807, 2.05) is 0 Å². The van der Waals surface area contributed by atoms with Gasteiger partial charge in [0, 0.05) is 28.4 Å². The van der Waals surface area contributed by atoms with Crippen LogP contribution in [0.15, 0.2) is 27.6 Å². The maximum absolute atomic E-state index is 13.5. The lowest BCUT2D eigenvalue weighted by Crippen LogP contribution is -2.50. The zero-order valence-corrected chi connectivity index (χ0v) is 19.0. The Balaban J connectivity index is 1.62. The highest BCUT2D eigenvalue weighted by atomic mass is 79.9. The highest BCUT2D eigenvalue weighted by molar-refractivity contribution is 9.10. The summed E-state index contributed by atoms with van der Waals surface area (Å²) in [6.45, 7) is 5.23. The number of carbonyl (C=O) groups excluding carboxylic acids is 1. The molecule has 29 heavy (non-hydrogen) atoms. The van der Waals surface area contributed by atoms with E-state index in [1.54, 1.807) is 43.9 Å². The van der Waals surface area contributed by atoms with Gasteiger partial charge in [-0.15, -0.1) is 0 Å². The Morgan fingerprint density at radius 3 is 2.55 bits per heavy atom. The molecule has 0 spiro atoms. The van der Waals surface area contributed by atoms with Crippen molar-refractivity contribution in [2.24, 2.45) is 0 Å². The first-order valence-corrected chi connectivity index (χ1v) is 11.9. The van der Waals surface area contributed by atoms with E-state index in [9.17, 15) is 17.8 Å². The minimum Gasteiger partial charge on any atom is -0.444 e. The molecule has 3 rings (SSSR count). The van der Waals surface area contributed by atoms with E-state index in [-0.39, 0.29) is 30.8 Å². The van der Waals surface area contributed by atoms with E-state index >= 15 is 0 Å². The molecule has 1 saturated heterocycles. The first-order chi connectivity index (χ1) is 13.3. The van der Waals surface area contributed by atoms with Gasteiger partial charge in [-0.2, -0.15) is 0 Å². The summed E-state index contributed by atoms with van der Waals surface area (Å²) in [5.74, 6) is -2.71. The van der Waals surface area contributed by atoms with Gasteiger partial charge in [-0.05, 0) is 67.7 Å². The van der Waals surface area contributed by atoms with Crippen molar-refractivity contribution in [3.63, 3.8) is 0 Å². The fourth-order valence-corrected chi connectivity index (χ4v) is 6.23. The number of hydrogen-bond acceptors (Lipinski definition) is 5. The van der Waals surface area contributed by atoms with Crippen LogP contribution in [0, 0.1) is 4.78 Å². The summed E-state index contributed by atoms with van der Waals surface area (Å²) in [6.07, 6.45) is 0.148. The Morgan fingerprint density at radius 2 is 2.03 bits per heavy atom. The van der Waals surface area contributed by atoms with Crippen molar-refractivity contribution in [3.8, 4) is 0 Å². The topological polar surface area (TPSA) is 82.5 Å². The second kappa shape index (κ2) is 7.68. The van der Waals surface area contributed by atoms with Crippen LogP contribution in [0.25, 0.3) is 0 Å². The molecule has 10 heteroatoms. The first-order valence-electron chi connectivity index (χ1n) is 9.46. The van der Waals surface area contributed by atoms with Gasteiger partial charge in [-0.1, -0.05) is 0 Å². The number of alkyl carbamates (subject to hydrolysis) is 1. The number of hydrogen-bond donors (Lipinski definition) is 2. The monoisotopic (exact) mass is 493 g/mol. The molecule has 0 radical (unpaired) electrons. The summed E-state index contributed by atoms with van der Waals surface area (Å²) in [6, 6.07) is 4.65. The predicted molar refractivity (Wildman–Crippen MR) is 111 cm³/mol. The third-order valence-electron chi connectivity index (χ3n) is 5.06. The number of halogens is 3. The Bertz CT molecular complexity index is 896. The Morgan fingerprint density at radius 1 is 1.38 bits per heavy atom. The van der Waals surface area contributed by atoms with Gasteiger partial charge >= 0.3 is 6.09 Å². The van der Waals surface area contributed by atoms with Gasteiger partial charge in [0.25, 0.3) is 5.92 Å². The third kappa shape index (κ3) is 5.20. The van der Waals surface area contributed by atoms with Crippen LogP contribution < -0.4 is 10.2 Å². The highest BCUT2D eigenvalue weighted by Gasteiger charge is 2.40. The van der Waals surface area contributed by atoms with Crippen LogP contribution in [0.4, 0.5) is 19.3 Å². The molecule has 1 heterocycles. The maximum atomic E-state index is 13.5. The SMILES string of the molecule is CC(C)(C)OC(=O)NC1CC(S(=N)(=O)c2ccc(N3CCC(F)(F)C3)c(Br)c2)C1. The minimum atomic E-state index is -3.08. The van der Waals surface area contributed by atoms with Gasteiger partial charge in [-0.3, -0.25) is 0 Å². The van der Waals surface area contributed by atoms with Gasteiger partial charge in [0.15, 0.2) is 0 Å². The van der Waals surface area contributed by atoms with Crippen LogP contribution >= 0.6 is 15.9 Å². The summed E-state index contributed by atoms with van der Waals surface area (Å²) in [5, 5.41) is 2.36. The summed E-state index contributed by atoms with van der Waals surface area (Å²) >= 11 is 3.38. The molecule has 1 aliphatic heterocycles. The minimum absolute atomic E-state index is 0.171. The molecule has 2 fully saturated rings. The molecule has 1 aliphatic carbocycles. The highest BCUT2D eigenvalue weighted by Crippen LogP contribution is 2.38. The molecule has 0 aromatic heterocycles. The second-order valence-electron chi connectivity index (χ2n) is 8.68. The van der Waals surface area contributed by atoms with E-state index in [4.69, 9.17) is 9.52 Å². The standard InChI is InChI=1S/C19H26BrF2N3O3S/c1-18(2,3)28-17(26)24-12-8-14(9-12)29(23,27)13-4-5-16(15(20)10-13)25-7-6-19(21,22)11-25/h4-5,10,12,14,23H,6-9,11H2,1-3H3,(H,24,26). The number of ether oxygens (including phenoxy) is 1. The molecule has 1 aromatic rings. The molecule has 6 nitrogen and oxygen atoms in total. The van der Waals surface area contributed by atoms with E-state index in [0.29, 0.717) is 27.9 Å². The lowest BCUT2D eigenvalue weighted by Gasteiger charge is -2.37. The summed E-state index contributed by atoms with van der Waals surface area (Å²) in [7, 11) is -3.08.